The summed E-state index contributed by atoms with van der Waals surface area (Å²) in [5.74, 6) is -0.384. The van der Waals surface area contributed by atoms with E-state index in [2.05, 4.69) is 0 Å². The summed E-state index contributed by atoms with van der Waals surface area (Å²) in [7, 11) is -1.26. The summed E-state index contributed by atoms with van der Waals surface area (Å²) in [4.78, 5) is 11.5. The first-order valence-corrected chi connectivity index (χ1v) is 5.95. The van der Waals surface area contributed by atoms with Gasteiger partial charge >= 0.3 is 5.97 Å². The molecule has 0 aromatic heterocycles. The molecule has 1 aliphatic rings. The molecule has 1 aliphatic heterocycles. The van der Waals surface area contributed by atoms with Gasteiger partial charge in [0, 0.05) is 13.1 Å². The molecular formula is C9H17NO3S. The Bertz CT molecular complexity index is 248. The van der Waals surface area contributed by atoms with Gasteiger partial charge < -0.3 is 4.74 Å². The topological polar surface area (TPSA) is 46.6 Å². The van der Waals surface area contributed by atoms with Crippen molar-refractivity contribution < 1.29 is 13.7 Å². The molecule has 0 spiro atoms. The molecule has 1 fully saturated rings. The van der Waals surface area contributed by atoms with E-state index < -0.39 is 15.7 Å². The molecule has 82 valence electrons. The Morgan fingerprint density at radius 1 is 1.50 bits per heavy atom. The predicted octanol–water partition coefficient (Wildman–Crippen LogP) is 0.698. The van der Waals surface area contributed by atoms with Gasteiger partial charge in [-0.15, -0.1) is 0 Å². The molecule has 14 heavy (non-hydrogen) atoms. The number of carbonyl (C=O) groups is 1. The summed E-state index contributed by atoms with van der Waals surface area (Å²) in [6.45, 7) is 7.05. The van der Waals surface area contributed by atoms with Crippen molar-refractivity contribution in [2.45, 2.75) is 31.9 Å². The quantitative estimate of drug-likeness (QED) is 0.654. The van der Waals surface area contributed by atoms with E-state index in [0.29, 0.717) is 6.61 Å². The van der Waals surface area contributed by atoms with Crippen LogP contribution in [0.1, 0.15) is 27.2 Å². The maximum atomic E-state index is 11.9. The van der Waals surface area contributed by atoms with Crippen molar-refractivity contribution in [1.29, 1.82) is 0 Å². The second-order valence-electron chi connectivity index (χ2n) is 3.76. The highest BCUT2D eigenvalue weighted by Gasteiger charge is 2.41. The molecule has 0 amide bonds. The molecule has 5 heteroatoms. The number of nitrogens with zero attached hydrogens (tertiary/aromatic N) is 1. The second-order valence-corrected chi connectivity index (χ2v) is 5.80. The molecule has 1 unspecified atom stereocenters. The lowest BCUT2D eigenvalue weighted by Crippen LogP contribution is -2.50. The average molecular weight is 219 g/mol. The lowest BCUT2D eigenvalue weighted by atomic mass is 10.2. The molecular weight excluding hydrogens is 202 g/mol. The number of rotatable bonds is 4. The summed E-state index contributed by atoms with van der Waals surface area (Å²) in [5.41, 5.74) is 0. The number of ether oxygens (including phenoxy) is 1. The van der Waals surface area contributed by atoms with Crippen molar-refractivity contribution in [2.24, 2.45) is 0 Å². The SMILES string of the molecule is CCOC(=O)C(C)(C)S(=O)N1CCC1. The molecule has 1 atom stereocenters. The Morgan fingerprint density at radius 2 is 2.07 bits per heavy atom. The van der Waals surface area contributed by atoms with Crippen LogP contribution in [0.3, 0.4) is 0 Å². The molecule has 1 saturated heterocycles. The zero-order valence-electron chi connectivity index (χ0n) is 8.91. The van der Waals surface area contributed by atoms with Crippen LogP contribution in [0.15, 0.2) is 0 Å². The minimum Gasteiger partial charge on any atom is -0.465 e. The van der Waals surface area contributed by atoms with E-state index in [1.807, 2.05) is 0 Å². The highest BCUT2D eigenvalue weighted by Crippen LogP contribution is 2.22. The van der Waals surface area contributed by atoms with Gasteiger partial charge in [0.1, 0.15) is 11.0 Å². The van der Waals surface area contributed by atoms with Crippen LogP contribution in [0.5, 0.6) is 0 Å². The summed E-state index contributed by atoms with van der Waals surface area (Å²) in [5, 5.41) is 0. The lowest BCUT2D eigenvalue weighted by Gasteiger charge is -2.35. The summed E-state index contributed by atoms with van der Waals surface area (Å²) in [6, 6.07) is 0. The van der Waals surface area contributed by atoms with Crippen molar-refractivity contribution >= 4 is 17.0 Å². The number of hydrogen-bond donors (Lipinski definition) is 0. The van der Waals surface area contributed by atoms with Crippen molar-refractivity contribution in [3.8, 4) is 0 Å². The lowest BCUT2D eigenvalue weighted by molar-refractivity contribution is -0.145. The summed E-state index contributed by atoms with van der Waals surface area (Å²) >= 11 is 0. The third kappa shape index (κ3) is 2.15. The van der Waals surface area contributed by atoms with Crippen molar-refractivity contribution in [2.75, 3.05) is 19.7 Å². The van der Waals surface area contributed by atoms with Gasteiger partial charge in [-0.2, -0.15) is 0 Å². The molecule has 0 bridgehead atoms. The molecule has 0 aromatic carbocycles. The van der Waals surface area contributed by atoms with Gasteiger partial charge in [-0.25, -0.2) is 8.51 Å². The van der Waals surface area contributed by atoms with Crippen LogP contribution in [-0.2, 0) is 20.5 Å². The summed E-state index contributed by atoms with van der Waals surface area (Å²) < 4.78 is 17.7. The van der Waals surface area contributed by atoms with Crippen molar-refractivity contribution in [3.63, 3.8) is 0 Å². The molecule has 1 rings (SSSR count). The Hall–Kier alpha value is -0.420. The van der Waals surface area contributed by atoms with Gasteiger partial charge in [0.05, 0.1) is 6.61 Å². The van der Waals surface area contributed by atoms with Crippen LogP contribution in [0, 0.1) is 0 Å². The van der Waals surface area contributed by atoms with Gasteiger partial charge in [-0.05, 0) is 27.2 Å². The van der Waals surface area contributed by atoms with E-state index in [9.17, 15) is 9.00 Å². The van der Waals surface area contributed by atoms with Crippen LogP contribution in [0.25, 0.3) is 0 Å². The van der Waals surface area contributed by atoms with Gasteiger partial charge in [0.2, 0.25) is 0 Å². The Balaban J connectivity index is 2.62. The Morgan fingerprint density at radius 3 is 2.43 bits per heavy atom. The zero-order valence-corrected chi connectivity index (χ0v) is 9.73. The third-order valence-electron chi connectivity index (χ3n) is 2.25. The van der Waals surface area contributed by atoms with Gasteiger partial charge in [0.15, 0.2) is 4.75 Å². The molecule has 4 nitrogen and oxygen atoms in total. The minimum atomic E-state index is -1.26. The molecule has 0 saturated carbocycles. The third-order valence-corrected chi connectivity index (χ3v) is 4.13. The number of carbonyl (C=O) groups excluding carboxylic acids is 1. The highest BCUT2D eigenvalue weighted by molar-refractivity contribution is 7.85. The van der Waals surface area contributed by atoms with Crippen LogP contribution >= 0.6 is 0 Å². The average Bonchev–Trinajstić information content (AvgIpc) is 2.01. The van der Waals surface area contributed by atoms with Crippen molar-refractivity contribution in [1.82, 2.24) is 4.31 Å². The second kappa shape index (κ2) is 4.40. The Labute approximate surface area is 87.2 Å². The smallest absolute Gasteiger partial charge is 0.325 e. The van der Waals surface area contributed by atoms with Gasteiger partial charge in [-0.1, -0.05) is 0 Å². The van der Waals surface area contributed by atoms with E-state index in [-0.39, 0.29) is 5.97 Å². The highest BCUT2D eigenvalue weighted by atomic mass is 32.2. The van der Waals surface area contributed by atoms with Crippen LogP contribution in [0.4, 0.5) is 0 Å². The van der Waals surface area contributed by atoms with Crippen LogP contribution < -0.4 is 0 Å². The van der Waals surface area contributed by atoms with E-state index in [4.69, 9.17) is 4.74 Å². The van der Waals surface area contributed by atoms with Gasteiger partial charge in [0.25, 0.3) is 0 Å². The van der Waals surface area contributed by atoms with E-state index >= 15 is 0 Å². The molecule has 0 aromatic rings. The predicted molar refractivity (Wildman–Crippen MR) is 55.0 cm³/mol. The first kappa shape index (κ1) is 11.7. The first-order valence-electron chi connectivity index (χ1n) is 4.84. The number of esters is 1. The maximum absolute atomic E-state index is 11.9. The molecule has 1 heterocycles. The number of hydrogen-bond acceptors (Lipinski definition) is 3. The summed E-state index contributed by atoms with van der Waals surface area (Å²) in [6.07, 6.45) is 1.06. The Kier molecular flexibility index (Phi) is 3.66. The fourth-order valence-electron chi connectivity index (χ4n) is 1.15. The normalized spacial score (nSPS) is 19.9. The fourth-order valence-corrected chi connectivity index (χ4v) is 2.59. The van der Waals surface area contributed by atoms with Crippen molar-refractivity contribution in [3.05, 3.63) is 0 Å². The zero-order chi connectivity index (χ0) is 10.8. The van der Waals surface area contributed by atoms with Crippen LogP contribution in [-0.4, -0.2) is 38.9 Å². The van der Waals surface area contributed by atoms with E-state index in [1.165, 1.54) is 0 Å². The largest absolute Gasteiger partial charge is 0.465 e. The minimum absolute atomic E-state index is 0.333. The first-order chi connectivity index (χ1) is 6.50. The van der Waals surface area contributed by atoms with Gasteiger partial charge in [-0.3, -0.25) is 4.79 Å². The fraction of sp³-hybridized carbons (Fsp3) is 0.889. The maximum Gasteiger partial charge on any atom is 0.325 e. The monoisotopic (exact) mass is 219 g/mol. The van der Waals surface area contributed by atoms with E-state index in [0.717, 1.165) is 19.5 Å². The van der Waals surface area contributed by atoms with E-state index in [1.54, 1.807) is 25.1 Å². The molecule has 0 N–H and O–H groups in total. The molecule has 0 radical (unpaired) electrons. The molecule has 0 aliphatic carbocycles. The van der Waals surface area contributed by atoms with Crippen LogP contribution in [0.2, 0.25) is 0 Å². The standard InChI is InChI=1S/C9H17NO3S/c1-4-13-8(11)9(2,3)14(12)10-6-5-7-10/h4-7H2,1-3H3.